The summed E-state index contributed by atoms with van der Waals surface area (Å²) in [5.74, 6) is 0.645. The van der Waals surface area contributed by atoms with Gasteiger partial charge in [-0.25, -0.2) is 0 Å². The Morgan fingerprint density at radius 3 is 1.50 bits per heavy atom. The first-order valence-electron chi connectivity index (χ1n) is 7.62. The summed E-state index contributed by atoms with van der Waals surface area (Å²) in [6.07, 6.45) is 1.19. The number of hydrogen-bond acceptors (Lipinski definition) is 8. The van der Waals surface area contributed by atoms with Crippen LogP contribution in [0.25, 0.3) is 0 Å². The zero-order valence-corrected chi connectivity index (χ0v) is 15.1. The molecule has 0 spiro atoms. The molecule has 0 bridgehead atoms. The molecule has 0 aliphatic heterocycles. The first kappa shape index (κ1) is 21.6. The largest absolute Gasteiger partial charge is 0.465 e. The number of thiol groups is 2. The van der Waals surface area contributed by atoms with E-state index in [-0.39, 0.29) is 24.0 Å². The van der Waals surface area contributed by atoms with Crippen LogP contribution in [0.1, 0.15) is 26.7 Å². The molecule has 2 atom stereocenters. The van der Waals surface area contributed by atoms with E-state index in [2.05, 4.69) is 35.9 Å². The molecule has 0 heterocycles. The second-order valence-electron chi connectivity index (χ2n) is 4.54. The maximum absolute atomic E-state index is 11.7. The average Bonchev–Trinajstić information content (AvgIpc) is 2.49. The summed E-state index contributed by atoms with van der Waals surface area (Å²) < 4.78 is 10.0. The van der Waals surface area contributed by atoms with Gasteiger partial charge in [-0.05, 0) is 38.2 Å². The van der Waals surface area contributed by atoms with Crippen molar-refractivity contribution < 1.29 is 19.1 Å². The second-order valence-corrected chi connectivity index (χ2v) is 5.44. The van der Waals surface area contributed by atoms with Gasteiger partial charge in [0.1, 0.15) is 12.1 Å². The Morgan fingerprint density at radius 2 is 1.23 bits per heavy atom. The molecule has 0 saturated carbocycles. The highest BCUT2D eigenvalue weighted by Gasteiger charge is 2.20. The van der Waals surface area contributed by atoms with Crippen molar-refractivity contribution in [1.29, 1.82) is 0 Å². The van der Waals surface area contributed by atoms with Crippen LogP contribution in [0.2, 0.25) is 0 Å². The van der Waals surface area contributed by atoms with Crippen molar-refractivity contribution in [3.63, 3.8) is 0 Å². The van der Waals surface area contributed by atoms with Gasteiger partial charge >= 0.3 is 11.9 Å². The minimum absolute atomic E-state index is 0.270. The fourth-order valence-corrected chi connectivity index (χ4v) is 2.36. The summed E-state index contributed by atoms with van der Waals surface area (Å²) in [5.41, 5.74) is 0. The minimum Gasteiger partial charge on any atom is -0.465 e. The fraction of sp³-hybridized carbons (Fsp3) is 0.857. The summed E-state index contributed by atoms with van der Waals surface area (Å²) in [4.78, 5) is 23.5. The molecule has 0 fully saturated rings. The lowest BCUT2D eigenvalue weighted by Crippen LogP contribution is -2.45. The van der Waals surface area contributed by atoms with Crippen molar-refractivity contribution in [3.05, 3.63) is 0 Å². The molecular formula is C14H28N2O4S2. The Kier molecular flexibility index (Phi) is 13.9. The van der Waals surface area contributed by atoms with E-state index in [0.717, 1.165) is 0 Å². The molecule has 0 amide bonds. The molecule has 0 aromatic heterocycles. The van der Waals surface area contributed by atoms with Crippen LogP contribution in [0.5, 0.6) is 0 Å². The third kappa shape index (κ3) is 9.55. The van der Waals surface area contributed by atoms with Gasteiger partial charge in [0.2, 0.25) is 0 Å². The second kappa shape index (κ2) is 14.2. The van der Waals surface area contributed by atoms with Crippen molar-refractivity contribution in [2.24, 2.45) is 0 Å². The van der Waals surface area contributed by atoms with Crippen LogP contribution in [-0.2, 0) is 19.1 Å². The Labute approximate surface area is 143 Å². The van der Waals surface area contributed by atoms with Gasteiger partial charge in [-0.3, -0.25) is 9.59 Å². The van der Waals surface area contributed by atoms with E-state index >= 15 is 0 Å². The van der Waals surface area contributed by atoms with Gasteiger partial charge in [0.05, 0.1) is 13.2 Å². The van der Waals surface area contributed by atoms with Gasteiger partial charge < -0.3 is 20.1 Å². The quantitative estimate of drug-likeness (QED) is 0.222. The number of carbonyl (C=O) groups excluding carboxylic acids is 2. The molecule has 22 heavy (non-hydrogen) atoms. The molecule has 0 aliphatic rings. The van der Waals surface area contributed by atoms with Crippen LogP contribution in [-0.4, -0.2) is 61.8 Å². The molecule has 130 valence electrons. The van der Waals surface area contributed by atoms with Crippen LogP contribution in [0, 0.1) is 0 Å². The average molecular weight is 353 g/mol. The zero-order valence-electron chi connectivity index (χ0n) is 13.3. The van der Waals surface area contributed by atoms with Gasteiger partial charge in [-0.15, -0.1) is 0 Å². The van der Waals surface area contributed by atoms with Gasteiger partial charge in [-0.2, -0.15) is 25.3 Å². The van der Waals surface area contributed by atoms with Crippen LogP contribution in [0.15, 0.2) is 0 Å². The molecule has 2 unspecified atom stereocenters. The lowest BCUT2D eigenvalue weighted by atomic mass is 10.2. The third-order valence-corrected chi connectivity index (χ3v) is 3.40. The summed E-state index contributed by atoms with van der Waals surface area (Å²) in [5, 5.41) is 6.23. The number of hydrogen-bond donors (Lipinski definition) is 4. The van der Waals surface area contributed by atoms with Gasteiger partial charge in [0.25, 0.3) is 0 Å². The number of nitrogens with one attached hydrogen (secondary N) is 2. The van der Waals surface area contributed by atoms with Crippen LogP contribution >= 0.6 is 25.3 Å². The summed E-state index contributed by atoms with van der Waals surface area (Å²) >= 11 is 8.29. The third-order valence-electron chi connectivity index (χ3n) is 2.88. The zero-order chi connectivity index (χ0) is 16.8. The predicted molar refractivity (Wildman–Crippen MR) is 93.8 cm³/mol. The van der Waals surface area contributed by atoms with Crippen LogP contribution < -0.4 is 10.6 Å². The van der Waals surface area contributed by atoms with E-state index in [1.807, 2.05) is 0 Å². The van der Waals surface area contributed by atoms with E-state index in [0.29, 0.717) is 50.7 Å². The molecule has 0 radical (unpaired) electrons. The van der Waals surface area contributed by atoms with E-state index in [1.165, 1.54) is 0 Å². The first-order valence-corrected chi connectivity index (χ1v) is 8.88. The summed E-state index contributed by atoms with van der Waals surface area (Å²) in [6, 6.07) is -0.740. The fourth-order valence-electron chi connectivity index (χ4n) is 1.84. The molecule has 0 saturated heterocycles. The van der Waals surface area contributed by atoms with Gasteiger partial charge in [0.15, 0.2) is 0 Å². The van der Waals surface area contributed by atoms with Crippen molar-refractivity contribution in [2.75, 3.05) is 37.8 Å². The van der Waals surface area contributed by atoms with Crippen molar-refractivity contribution in [1.82, 2.24) is 10.6 Å². The molecule has 0 aromatic rings. The summed E-state index contributed by atoms with van der Waals surface area (Å²) in [6.45, 7) is 5.35. The van der Waals surface area contributed by atoms with E-state index in [4.69, 9.17) is 9.47 Å². The first-order chi connectivity index (χ1) is 10.6. The predicted octanol–water partition coefficient (Wildman–Crippen LogP) is 0.669. The maximum atomic E-state index is 11.7. The highest BCUT2D eigenvalue weighted by atomic mass is 32.1. The lowest BCUT2D eigenvalue weighted by Gasteiger charge is -2.19. The minimum atomic E-state index is -0.370. The number of rotatable bonds is 13. The van der Waals surface area contributed by atoms with E-state index in [9.17, 15) is 9.59 Å². The van der Waals surface area contributed by atoms with Crippen molar-refractivity contribution in [2.45, 2.75) is 38.8 Å². The Bertz CT molecular complexity index is 289. The SMILES string of the molecule is CCOC(=O)C(CCS)NCCNC(CCS)C(=O)OCC. The smallest absolute Gasteiger partial charge is 0.323 e. The topological polar surface area (TPSA) is 76.7 Å². The van der Waals surface area contributed by atoms with Gasteiger partial charge in [-0.1, -0.05) is 0 Å². The molecule has 0 aromatic carbocycles. The highest BCUT2D eigenvalue weighted by Crippen LogP contribution is 1.99. The molecule has 8 heteroatoms. The van der Waals surface area contributed by atoms with Crippen molar-refractivity contribution in [3.8, 4) is 0 Å². The highest BCUT2D eigenvalue weighted by molar-refractivity contribution is 7.80. The number of esters is 2. The molecule has 0 rings (SSSR count). The van der Waals surface area contributed by atoms with Crippen LogP contribution in [0.3, 0.4) is 0 Å². The summed E-state index contributed by atoms with van der Waals surface area (Å²) in [7, 11) is 0. The Morgan fingerprint density at radius 1 is 0.864 bits per heavy atom. The molecule has 0 aliphatic carbocycles. The molecule has 6 nitrogen and oxygen atoms in total. The Hall–Kier alpha value is -0.440. The molecule has 2 N–H and O–H groups in total. The lowest BCUT2D eigenvalue weighted by molar-refractivity contribution is -0.146. The van der Waals surface area contributed by atoms with Crippen molar-refractivity contribution >= 4 is 37.2 Å². The standard InChI is InChI=1S/C14H28N2O4S2/c1-3-19-13(17)11(5-9-21)15-7-8-16-12(6-10-22)14(18)20-4-2/h11-12,15-16,21-22H,3-10H2,1-2H3. The normalized spacial score (nSPS) is 13.5. The van der Waals surface area contributed by atoms with E-state index < -0.39 is 0 Å². The monoisotopic (exact) mass is 352 g/mol. The Balaban J connectivity index is 4.17. The van der Waals surface area contributed by atoms with Gasteiger partial charge in [0, 0.05) is 13.1 Å². The number of ether oxygens (including phenoxy) is 2. The van der Waals surface area contributed by atoms with E-state index in [1.54, 1.807) is 13.8 Å². The number of carbonyl (C=O) groups is 2. The van der Waals surface area contributed by atoms with Crippen LogP contribution in [0.4, 0.5) is 0 Å². The maximum Gasteiger partial charge on any atom is 0.323 e. The molecular weight excluding hydrogens is 324 g/mol.